The van der Waals surface area contributed by atoms with E-state index in [1.165, 1.54) is 49.3 Å². The second-order valence-corrected chi connectivity index (χ2v) is 17.3. The van der Waals surface area contributed by atoms with Crippen LogP contribution in [0.25, 0.3) is 105 Å². The van der Waals surface area contributed by atoms with Crippen molar-refractivity contribution in [1.82, 2.24) is 4.57 Å². The van der Waals surface area contributed by atoms with Crippen LogP contribution >= 0.6 is 0 Å². The first kappa shape index (κ1) is 38.5. The van der Waals surface area contributed by atoms with Gasteiger partial charge in [-0.15, -0.1) is 0 Å². The lowest BCUT2D eigenvalue weighted by Crippen LogP contribution is -2.09. The summed E-state index contributed by atoms with van der Waals surface area (Å²) < 4.78 is 8.79. The highest BCUT2D eigenvalue weighted by Crippen LogP contribution is 2.41. The van der Waals surface area contributed by atoms with Crippen molar-refractivity contribution in [2.45, 2.75) is 0 Å². The van der Waals surface area contributed by atoms with Crippen molar-refractivity contribution < 1.29 is 4.42 Å². The molecule has 0 atom stereocenters. The number of anilines is 3. The molecule has 314 valence electrons. The molecule has 0 radical (unpaired) electrons. The third-order valence-corrected chi connectivity index (χ3v) is 13.4. The molecule has 3 heteroatoms. The molecule has 0 saturated heterocycles. The summed E-state index contributed by atoms with van der Waals surface area (Å²) in [6.45, 7) is 0. The van der Waals surface area contributed by atoms with Crippen LogP contribution in [0.3, 0.4) is 0 Å². The molecule has 0 amide bonds. The minimum absolute atomic E-state index is 0.911. The van der Waals surface area contributed by atoms with Gasteiger partial charge < -0.3 is 13.9 Å². The van der Waals surface area contributed by atoms with Gasteiger partial charge in [0.2, 0.25) is 0 Å². The Labute approximate surface area is 388 Å². The zero-order valence-electron chi connectivity index (χ0n) is 36.6. The number of para-hydroxylation sites is 5. The fraction of sp³-hybridized carbons (Fsp3) is 0. The van der Waals surface area contributed by atoms with E-state index in [0.29, 0.717) is 0 Å². The Balaban J connectivity index is 0.861. The fourth-order valence-electron chi connectivity index (χ4n) is 10.1. The third-order valence-electron chi connectivity index (χ3n) is 13.4. The van der Waals surface area contributed by atoms with Gasteiger partial charge in [-0.05, 0) is 111 Å². The number of rotatable bonds is 8. The highest BCUT2D eigenvalue weighted by atomic mass is 16.3. The zero-order valence-corrected chi connectivity index (χ0v) is 36.6. The molecule has 0 aliphatic heterocycles. The van der Waals surface area contributed by atoms with E-state index in [9.17, 15) is 0 Å². The van der Waals surface area contributed by atoms with E-state index in [2.05, 4.69) is 252 Å². The first-order valence-corrected chi connectivity index (χ1v) is 22.9. The van der Waals surface area contributed by atoms with Crippen molar-refractivity contribution in [1.29, 1.82) is 0 Å². The van der Waals surface area contributed by atoms with Crippen LogP contribution in [0.2, 0.25) is 0 Å². The summed E-state index contributed by atoms with van der Waals surface area (Å²) >= 11 is 0. The quantitative estimate of drug-likeness (QED) is 0.152. The predicted molar refractivity (Wildman–Crippen MR) is 282 cm³/mol. The summed E-state index contributed by atoms with van der Waals surface area (Å²) in [5.74, 6) is 0. The van der Waals surface area contributed by atoms with Gasteiger partial charge in [0.05, 0.1) is 16.7 Å². The maximum Gasteiger partial charge on any atom is 0.143 e. The van der Waals surface area contributed by atoms with E-state index in [0.717, 1.165) is 72.5 Å². The van der Waals surface area contributed by atoms with Gasteiger partial charge in [-0.3, -0.25) is 0 Å². The molecule has 13 rings (SSSR count). The maximum atomic E-state index is 6.38. The first-order valence-electron chi connectivity index (χ1n) is 22.9. The molecule has 2 heterocycles. The average molecular weight is 855 g/mol. The molecule has 0 unspecified atom stereocenters. The van der Waals surface area contributed by atoms with Crippen LogP contribution in [-0.4, -0.2) is 4.57 Å². The van der Waals surface area contributed by atoms with Crippen molar-refractivity contribution in [2.24, 2.45) is 0 Å². The minimum Gasteiger partial charge on any atom is -0.455 e. The minimum atomic E-state index is 0.911. The Kier molecular flexibility index (Phi) is 9.17. The molecule has 0 N–H and O–H groups in total. The lowest BCUT2D eigenvalue weighted by atomic mass is 9.98. The van der Waals surface area contributed by atoms with Crippen LogP contribution in [0.1, 0.15) is 0 Å². The van der Waals surface area contributed by atoms with E-state index < -0.39 is 0 Å². The number of furan rings is 1. The van der Waals surface area contributed by atoms with Crippen molar-refractivity contribution in [3.63, 3.8) is 0 Å². The predicted octanol–water partition coefficient (Wildman–Crippen LogP) is 18.0. The molecule has 0 spiro atoms. The number of aromatic nitrogens is 1. The molecule has 0 bridgehead atoms. The van der Waals surface area contributed by atoms with E-state index in [4.69, 9.17) is 4.42 Å². The van der Waals surface area contributed by atoms with Crippen LogP contribution in [-0.2, 0) is 0 Å². The molecule has 13 aromatic rings. The molecule has 11 aromatic carbocycles. The molecule has 0 saturated carbocycles. The largest absolute Gasteiger partial charge is 0.455 e. The van der Waals surface area contributed by atoms with E-state index in [1.807, 2.05) is 12.1 Å². The highest BCUT2D eigenvalue weighted by Gasteiger charge is 2.18. The second kappa shape index (κ2) is 16.0. The van der Waals surface area contributed by atoms with Gasteiger partial charge >= 0.3 is 0 Å². The van der Waals surface area contributed by atoms with Crippen molar-refractivity contribution in [2.75, 3.05) is 4.90 Å². The molecule has 0 aliphatic carbocycles. The number of nitrogens with zero attached hydrogens (tertiary/aromatic N) is 2. The fourth-order valence-corrected chi connectivity index (χ4v) is 10.1. The van der Waals surface area contributed by atoms with Gasteiger partial charge in [0.1, 0.15) is 11.2 Å². The Bertz CT molecular complexity index is 3900. The van der Waals surface area contributed by atoms with Gasteiger partial charge in [-0.1, -0.05) is 188 Å². The van der Waals surface area contributed by atoms with Gasteiger partial charge in [0, 0.05) is 49.7 Å². The van der Waals surface area contributed by atoms with Crippen molar-refractivity contribution in [3.05, 3.63) is 255 Å². The lowest BCUT2D eigenvalue weighted by Gasteiger charge is -2.26. The van der Waals surface area contributed by atoms with Crippen molar-refractivity contribution in [3.8, 4) is 50.2 Å². The van der Waals surface area contributed by atoms with Crippen LogP contribution in [0.4, 0.5) is 17.1 Å². The number of hydrogen-bond acceptors (Lipinski definition) is 2. The topological polar surface area (TPSA) is 21.3 Å². The monoisotopic (exact) mass is 854 g/mol. The van der Waals surface area contributed by atoms with Gasteiger partial charge in [0.25, 0.3) is 0 Å². The molecular formula is C64H42N2O. The molecule has 0 fully saturated rings. The van der Waals surface area contributed by atoms with Crippen LogP contribution in [0.5, 0.6) is 0 Å². The Hall–Kier alpha value is -8.92. The number of hydrogen-bond donors (Lipinski definition) is 0. The lowest BCUT2D eigenvalue weighted by molar-refractivity contribution is 0.670. The molecular weight excluding hydrogens is 813 g/mol. The summed E-state index contributed by atoms with van der Waals surface area (Å²) in [5, 5.41) is 7.27. The first-order chi connectivity index (χ1) is 33.2. The second-order valence-electron chi connectivity index (χ2n) is 17.3. The van der Waals surface area contributed by atoms with Crippen LogP contribution < -0.4 is 4.90 Å². The standard InChI is InChI=1S/C64H42N2O/c1-2-13-49-42-50(29-26-43(49)12-1)46-32-38-52(39-33-46)65(51-36-30-45(31-37-51)44-24-27-48(28-25-44)55-18-11-19-59-58-17-6-10-23-63(58)67-64(55)59)53-40-34-47(35-41-53)54-14-3-7-20-60(54)66-61-21-8-4-15-56(61)57-16-5-9-22-62(57)66/h1-42H. The number of benzene rings is 11. The summed E-state index contributed by atoms with van der Waals surface area (Å²) in [6.07, 6.45) is 0. The summed E-state index contributed by atoms with van der Waals surface area (Å²) in [6, 6.07) is 91.9. The molecule has 2 aromatic heterocycles. The van der Waals surface area contributed by atoms with Gasteiger partial charge in [0.15, 0.2) is 0 Å². The smallest absolute Gasteiger partial charge is 0.143 e. The zero-order chi connectivity index (χ0) is 44.3. The van der Waals surface area contributed by atoms with E-state index >= 15 is 0 Å². The summed E-state index contributed by atoms with van der Waals surface area (Å²) in [5.41, 5.74) is 17.9. The van der Waals surface area contributed by atoms with Gasteiger partial charge in [-0.2, -0.15) is 0 Å². The molecule has 3 nitrogen and oxygen atoms in total. The Morgan fingerprint density at radius 2 is 0.746 bits per heavy atom. The molecule has 67 heavy (non-hydrogen) atoms. The van der Waals surface area contributed by atoms with Gasteiger partial charge in [-0.25, -0.2) is 0 Å². The van der Waals surface area contributed by atoms with E-state index in [-0.39, 0.29) is 0 Å². The Morgan fingerprint density at radius 3 is 1.42 bits per heavy atom. The summed E-state index contributed by atoms with van der Waals surface area (Å²) in [4.78, 5) is 2.35. The molecule has 0 aliphatic rings. The Morgan fingerprint density at radius 1 is 0.299 bits per heavy atom. The SMILES string of the molecule is c1ccc(-n2c3ccccc3c3ccccc32)c(-c2ccc(N(c3ccc(-c4ccc(-c5cccc6c5oc5ccccc56)cc4)cc3)c3ccc(-c4ccc5ccccc5c4)cc3)cc2)c1. The maximum absolute atomic E-state index is 6.38. The summed E-state index contributed by atoms with van der Waals surface area (Å²) in [7, 11) is 0. The van der Waals surface area contributed by atoms with Crippen LogP contribution in [0, 0.1) is 0 Å². The highest BCUT2D eigenvalue weighted by molar-refractivity contribution is 6.11. The normalized spacial score (nSPS) is 11.6. The third kappa shape index (κ3) is 6.67. The van der Waals surface area contributed by atoms with E-state index in [1.54, 1.807) is 0 Å². The van der Waals surface area contributed by atoms with Crippen LogP contribution in [0.15, 0.2) is 259 Å². The average Bonchev–Trinajstić information content (AvgIpc) is 3.95. The number of fused-ring (bicyclic) bond motifs is 7. The van der Waals surface area contributed by atoms with Crippen molar-refractivity contribution >= 4 is 71.6 Å².